The van der Waals surface area contributed by atoms with E-state index in [-0.39, 0.29) is 0 Å². The molecule has 252 valence electrons. The van der Waals surface area contributed by atoms with E-state index in [1.165, 1.54) is 0 Å². The molecule has 52 heavy (non-hydrogen) atoms. The molecule has 2 aliphatic rings. The summed E-state index contributed by atoms with van der Waals surface area (Å²) >= 11 is 0. The Hall–Kier alpha value is -7.32. The summed E-state index contributed by atoms with van der Waals surface area (Å²) in [5, 5.41) is 0. The molecule has 8 rings (SSSR count). The molecule has 0 radical (unpaired) electrons. The smallest absolute Gasteiger partial charge is 0.127 e. The molecule has 6 aromatic rings. The molecule has 0 aliphatic carbocycles. The fourth-order valence-corrected chi connectivity index (χ4v) is 6.03. The summed E-state index contributed by atoms with van der Waals surface area (Å²) in [6.45, 7) is 0. The maximum Gasteiger partial charge on any atom is 0.127 e. The van der Waals surface area contributed by atoms with Gasteiger partial charge in [-0.1, -0.05) is 36.4 Å². The SMILES string of the molecule is Nc1ccc(Oc2ccc(-c3c(N)ccccc4nc(c(-c5ccc(Oc6ccc(N)cc6)cc5)c5ccc(cc6nc3C=C6)[nH]5)C=C4)cc2)cc1. The Kier molecular flexibility index (Phi) is 8.53. The van der Waals surface area contributed by atoms with Crippen LogP contribution in [0.25, 0.3) is 57.6 Å². The molecule has 8 heteroatoms. The van der Waals surface area contributed by atoms with Gasteiger partial charge in [0.05, 0.1) is 22.8 Å². The molecule has 0 saturated heterocycles. The van der Waals surface area contributed by atoms with Gasteiger partial charge in [-0.05, 0) is 139 Å². The minimum atomic E-state index is 0.573. The van der Waals surface area contributed by atoms with Gasteiger partial charge in [0.25, 0.3) is 0 Å². The number of nitrogens with two attached hydrogens (primary N) is 3. The number of aromatic amines is 1. The van der Waals surface area contributed by atoms with E-state index < -0.39 is 0 Å². The second-order valence-corrected chi connectivity index (χ2v) is 12.3. The third kappa shape index (κ3) is 7.03. The third-order valence-corrected chi connectivity index (χ3v) is 8.58. The lowest BCUT2D eigenvalue weighted by Gasteiger charge is -2.09. The van der Waals surface area contributed by atoms with Crippen LogP contribution in [0.1, 0.15) is 22.8 Å². The van der Waals surface area contributed by atoms with Crippen molar-refractivity contribution in [3.8, 4) is 45.3 Å². The highest BCUT2D eigenvalue weighted by Crippen LogP contribution is 2.34. The Morgan fingerprint density at radius 2 is 0.923 bits per heavy atom. The van der Waals surface area contributed by atoms with Crippen molar-refractivity contribution >= 4 is 52.4 Å². The zero-order chi connectivity index (χ0) is 35.4. The van der Waals surface area contributed by atoms with Crippen molar-refractivity contribution in [1.82, 2.24) is 15.0 Å². The number of aromatic nitrogens is 3. The number of rotatable bonds is 6. The number of hydrogen-bond donors (Lipinski definition) is 4. The number of ether oxygens (including phenoxy) is 2. The number of hydrogen-bond acceptors (Lipinski definition) is 7. The molecule has 0 atom stereocenters. The van der Waals surface area contributed by atoms with Crippen LogP contribution in [0.2, 0.25) is 0 Å². The van der Waals surface area contributed by atoms with Gasteiger partial charge in [-0.25, -0.2) is 9.97 Å². The van der Waals surface area contributed by atoms with Crippen molar-refractivity contribution < 1.29 is 9.47 Å². The first kappa shape index (κ1) is 31.9. The number of H-pyrrole nitrogens is 1. The van der Waals surface area contributed by atoms with Gasteiger partial charge in [0.15, 0.2) is 0 Å². The minimum absolute atomic E-state index is 0.573. The summed E-state index contributed by atoms with van der Waals surface area (Å²) in [6.07, 6.45) is 8.02. The molecule has 0 amide bonds. The average molecular weight is 679 g/mol. The van der Waals surface area contributed by atoms with Gasteiger partial charge in [0.1, 0.15) is 23.0 Å². The van der Waals surface area contributed by atoms with Gasteiger partial charge in [-0.15, -0.1) is 0 Å². The van der Waals surface area contributed by atoms with Crippen LogP contribution in [0.15, 0.2) is 140 Å². The molecule has 4 aromatic carbocycles. The Morgan fingerprint density at radius 1 is 0.442 bits per heavy atom. The lowest BCUT2D eigenvalue weighted by Crippen LogP contribution is -1.92. The van der Waals surface area contributed by atoms with Gasteiger partial charge in [-0.2, -0.15) is 0 Å². The molecular weight excluding hydrogens is 645 g/mol. The van der Waals surface area contributed by atoms with Gasteiger partial charge < -0.3 is 31.7 Å². The van der Waals surface area contributed by atoms with Crippen LogP contribution < -0.4 is 26.7 Å². The van der Waals surface area contributed by atoms with Gasteiger partial charge >= 0.3 is 0 Å². The quantitative estimate of drug-likeness (QED) is 0.128. The second-order valence-electron chi connectivity index (χ2n) is 12.3. The van der Waals surface area contributed by atoms with Crippen molar-refractivity contribution in [2.45, 2.75) is 0 Å². The third-order valence-electron chi connectivity index (χ3n) is 8.58. The van der Waals surface area contributed by atoms with E-state index in [1.54, 1.807) is 0 Å². The standard InChI is InChI=1S/C44H34N6O2/c45-30-9-20-37(21-10-30)51-35-16-5-28(6-17-35)43-39(47)4-2-1-3-32-13-24-41(48-32)44(42-26-15-34(50-42)27-33-14-25-40(43)49-33)29-7-18-36(19-8-29)52-38-22-11-31(46)12-23-38/h1-27,50H,45-47H2. The number of fused-ring (bicyclic) bond motifs is 6. The summed E-state index contributed by atoms with van der Waals surface area (Å²) in [6, 6.07) is 44.3. The second kappa shape index (κ2) is 13.9. The number of nitrogens with zero attached hydrogens (tertiary/aromatic N) is 2. The van der Waals surface area contributed by atoms with Crippen molar-refractivity contribution in [3.63, 3.8) is 0 Å². The van der Waals surface area contributed by atoms with Crippen LogP contribution in [-0.2, 0) is 0 Å². The summed E-state index contributed by atoms with van der Waals surface area (Å²) in [5.41, 5.74) is 29.1. The normalized spacial score (nSPS) is 11.5. The molecule has 0 unspecified atom stereocenters. The van der Waals surface area contributed by atoms with Crippen molar-refractivity contribution in [1.29, 1.82) is 0 Å². The highest BCUT2D eigenvalue weighted by molar-refractivity contribution is 5.91. The fourth-order valence-electron chi connectivity index (χ4n) is 6.03. The summed E-state index contributed by atoms with van der Waals surface area (Å²) in [4.78, 5) is 13.6. The molecule has 0 saturated carbocycles. The van der Waals surface area contributed by atoms with Crippen LogP contribution in [0.4, 0.5) is 17.1 Å². The van der Waals surface area contributed by atoms with Crippen molar-refractivity contribution in [3.05, 3.63) is 162 Å². The zero-order valence-corrected chi connectivity index (χ0v) is 28.0. The number of anilines is 3. The Balaban J connectivity index is 1.19. The molecule has 6 bridgehead atoms. The molecule has 7 N–H and O–H groups in total. The molecule has 0 fully saturated rings. The predicted octanol–water partition coefficient (Wildman–Crippen LogP) is 10.4. The molecular formula is C44H34N6O2. The van der Waals surface area contributed by atoms with E-state index in [2.05, 4.69) is 11.1 Å². The lowest BCUT2D eigenvalue weighted by molar-refractivity contribution is 0.482. The van der Waals surface area contributed by atoms with E-state index in [4.69, 9.17) is 36.6 Å². The maximum atomic E-state index is 6.76. The molecule has 2 aromatic heterocycles. The largest absolute Gasteiger partial charge is 0.457 e. The first-order valence-corrected chi connectivity index (χ1v) is 16.7. The van der Waals surface area contributed by atoms with E-state index >= 15 is 0 Å². The van der Waals surface area contributed by atoms with Crippen LogP contribution >= 0.6 is 0 Å². The van der Waals surface area contributed by atoms with Crippen LogP contribution in [0, 0.1) is 0 Å². The van der Waals surface area contributed by atoms with Crippen LogP contribution in [0.3, 0.4) is 0 Å². The van der Waals surface area contributed by atoms with E-state index in [0.717, 1.165) is 61.8 Å². The fraction of sp³-hybridized carbons (Fsp3) is 0. The number of nitrogens with one attached hydrogen (secondary N) is 1. The molecule has 2 aliphatic heterocycles. The average Bonchev–Trinajstić information content (AvgIpc) is 3.93. The number of benzene rings is 4. The van der Waals surface area contributed by atoms with Gasteiger partial charge in [0.2, 0.25) is 0 Å². The zero-order valence-electron chi connectivity index (χ0n) is 28.0. The summed E-state index contributed by atoms with van der Waals surface area (Å²) in [5.74, 6) is 2.84. The highest BCUT2D eigenvalue weighted by Gasteiger charge is 2.13. The number of nitrogen functional groups attached to an aromatic ring is 3. The predicted molar refractivity (Wildman–Crippen MR) is 213 cm³/mol. The van der Waals surface area contributed by atoms with Crippen LogP contribution in [-0.4, -0.2) is 15.0 Å². The minimum Gasteiger partial charge on any atom is -0.457 e. The molecule has 8 nitrogen and oxygen atoms in total. The monoisotopic (exact) mass is 678 g/mol. The summed E-state index contributed by atoms with van der Waals surface area (Å²) in [7, 11) is 0. The summed E-state index contributed by atoms with van der Waals surface area (Å²) < 4.78 is 12.1. The Bertz CT molecular complexity index is 2520. The Labute approximate surface area is 300 Å². The first-order chi connectivity index (χ1) is 25.4. The van der Waals surface area contributed by atoms with Crippen LogP contribution in [0.5, 0.6) is 23.0 Å². The maximum absolute atomic E-state index is 6.76. The topological polar surface area (TPSA) is 138 Å². The lowest BCUT2D eigenvalue weighted by atomic mass is 10.0. The van der Waals surface area contributed by atoms with Gasteiger partial charge in [-0.3, -0.25) is 0 Å². The first-order valence-electron chi connectivity index (χ1n) is 16.7. The van der Waals surface area contributed by atoms with E-state index in [9.17, 15) is 0 Å². The Morgan fingerprint density at radius 3 is 1.52 bits per heavy atom. The van der Waals surface area contributed by atoms with Crippen molar-refractivity contribution in [2.75, 3.05) is 17.2 Å². The van der Waals surface area contributed by atoms with Crippen molar-refractivity contribution in [2.24, 2.45) is 0 Å². The van der Waals surface area contributed by atoms with Gasteiger partial charge in [0, 0.05) is 39.2 Å². The molecule has 0 spiro atoms. The van der Waals surface area contributed by atoms with E-state index in [1.807, 2.05) is 158 Å². The highest BCUT2D eigenvalue weighted by atomic mass is 16.5. The molecule has 4 heterocycles. The van der Waals surface area contributed by atoms with E-state index in [0.29, 0.717) is 34.3 Å².